The van der Waals surface area contributed by atoms with E-state index in [0.717, 1.165) is 28.0 Å². The van der Waals surface area contributed by atoms with E-state index in [1.807, 2.05) is 62.4 Å². The first-order valence-corrected chi connectivity index (χ1v) is 11.9. The molecular weight excluding hydrogens is 450 g/mol. The van der Waals surface area contributed by atoms with Crippen LogP contribution in [0.2, 0.25) is 0 Å². The van der Waals surface area contributed by atoms with E-state index < -0.39 is 0 Å². The fourth-order valence-corrected chi connectivity index (χ4v) is 3.98. The third kappa shape index (κ3) is 5.16. The van der Waals surface area contributed by atoms with Gasteiger partial charge in [0.15, 0.2) is 5.82 Å². The summed E-state index contributed by atoms with van der Waals surface area (Å²) in [4.78, 5) is 18.4. The summed E-state index contributed by atoms with van der Waals surface area (Å²) in [6.45, 7) is 8.98. The van der Waals surface area contributed by atoms with Gasteiger partial charge in [0.2, 0.25) is 0 Å². The summed E-state index contributed by atoms with van der Waals surface area (Å²) < 4.78 is 12.7. The van der Waals surface area contributed by atoms with Crippen molar-refractivity contribution in [3.05, 3.63) is 87.7 Å². The Balaban J connectivity index is 1.87. The number of fused-ring (bicyclic) bond motifs is 1. The van der Waals surface area contributed by atoms with Crippen LogP contribution in [0.4, 0.5) is 0 Å². The molecule has 1 heterocycles. The number of aryl methyl sites for hydroxylation is 1. The molecule has 6 nitrogen and oxygen atoms in total. The molecule has 0 radical (unpaired) electrons. The minimum absolute atomic E-state index is 0.203. The van der Waals surface area contributed by atoms with Crippen LogP contribution in [0, 0.1) is 19.3 Å². The molecule has 3 aromatic carbocycles. The van der Waals surface area contributed by atoms with Gasteiger partial charge in [-0.2, -0.15) is 9.78 Å². The van der Waals surface area contributed by atoms with Crippen LogP contribution in [0.25, 0.3) is 22.3 Å². The Kier molecular flexibility index (Phi) is 7.50. The summed E-state index contributed by atoms with van der Waals surface area (Å²) in [6.07, 6.45) is 6.89. The zero-order chi connectivity index (χ0) is 25.7. The van der Waals surface area contributed by atoms with Crippen LogP contribution in [-0.4, -0.2) is 29.1 Å². The summed E-state index contributed by atoms with van der Waals surface area (Å²) in [5.74, 6) is 4.66. The molecule has 4 aromatic rings. The van der Waals surface area contributed by atoms with Crippen LogP contribution in [0.15, 0.2) is 70.6 Å². The average Bonchev–Trinajstić information content (AvgIpc) is 2.87. The Labute approximate surface area is 211 Å². The van der Waals surface area contributed by atoms with Gasteiger partial charge in [-0.15, -0.1) is 6.42 Å². The van der Waals surface area contributed by atoms with Crippen molar-refractivity contribution in [2.45, 2.75) is 33.6 Å². The second-order valence-corrected chi connectivity index (χ2v) is 8.67. The number of rotatable bonds is 8. The van der Waals surface area contributed by atoms with Crippen molar-refractivity contribution in [3.63, 3.8) is 0 Å². The molecule has 1 aromatic heterocycles. The van der Waals surface area contributed by atoms with Crippen molar-refractivity contribution in [2.75, 3.05) is 13.2 Å². The maximum absolute atomic E-state index is 13.6. The normalized spacial score (nSPS) is 11.2. The SMILES string of the molecule is C#CCOc1ccc(C=Nn2c(-c3cc(C(C)C)c(OCC)cc3C)nc3ccccc3c2=O)cc1. The largest absolute Gasteiger partial charge is 0.494 e. The van der Waals surface area contributed by atoms with Gasteiger partial charge >= 0.3 is 0 Å². The lowest BCUT2D eigenvalue weighted by Gasteiger charge is -2.18. The summed E-state index contributed by atoms with van der Waals surface area (Å²) in [5, 5.41) is 5.08. The number of hydrogen-bond acceptors (Lipinski definition) is 5. The fraction of sp³-hybridized carbons (Fsp3) is 0.233. The molecule has 0 unspecified atom stereocenters. The first kappa shape index (κ1) is 24.7. The van der Waals surface area contributed by atoms with Gasteiger partial charge in [0, 0.05) is 5.56 Å². The Hall–Kier alpha value is -4.37. The Morgan fingerprint density at radius 3 is 2.56 bits per heavy atom. The van der Waals surface area contributed by atoms with Gasteiger partial charge in [0.25, 0.3) is 5.56 Å². The highest BCUT2D eigenvalue weighted by atomic mass is 16.5. The molecule has 0 aliphatic rings. The van der Waals surface area contributed by atoms with Crippen LogP contribution >= 0.6 is 0 Å². The van der Waals surface area contributed by atoms with Crippen molar-refractivity contribution >= 4 is 17.1 Å². The third-order valence-electron chi connectivity index (χ3n) is 5.80. The van der Waals surface area contributed by atoms with E-state index in [-0.39, 0.29) is 18.1 Å². The second kappa shape index (κ2) is 10.9. The number of ether oxygens (including phenoxy) is 2. The number of benzene rings is 3. The second-order valence-electron chi connectivity index (χ2n) is 8.67. The first-order valence-electron chi connectivity index (χ1n) is 11.9. The van der Waals surface area contributed by atoms with Gasteiger partial charge in [0.05, 0.1) is 23.7 Å². The zero-order valence-corrected chi connectivity index (χ0v) is 21.0. The summed E-state index contributed by atoms with van der Waals surface area (Å²) >= 11 is 0. The summed E-state index contributed by atoms with van der Waals surface area (Å²) in [5.41, 5.74) is 4.03. The first-order chi connectivity index (χ1) is 17.4. The molecular formula is C30H29N3O3. The fourth-order valence-electron chi connectivity index (χ4n) is 3.98. The topological polar surface area (TPSA) is 65.7 Å². The summed E-state index contributed by atoms with van der Waals surface area (Å²) in [7, 11) is 0. The lowest BCUT2D eigenvalue weighted by atomic mass is 9.96. The maximum Gasteiger partial charge on any atom is 0.282 e. The minimum Gasteiger partial charge on any atom is -0.494 e. The van der Waals surface area contributed by atoms with Gasteiger partial charge in [-0.05, 0) is 85.0 Å². The molecule has 0 aliphatic carbocycles. The highest BCUT2D eigenvalue weighted by Gasteiger charge is 2.18. The molecule has 0 N–H and O–H groups in total. The molecule has 0 saturated carbocycles. The van der Waals surface area contributed by atoms with Gasteiger partial charge in [-0.25, -0.2) is 4.98 Å². The number of aromatic nitrogens is 2. The van der Waals surface area contributed by atoms with Gasteiger partial charge in [0.1, 0.15) is 18.1 Å². The maximum atomic E-state index is 13.6. The van der Waals surface area contributed by atoms with E-state index in [2.05, 4.69) is 30.9 Å². The van der Waals surface area contributed by atoms with Crippen molar-refractivity contribution in [1.82, 2.24) is 9.66 Å². The van der Waals surface area contributed by atoms with Crippen molar-refractivity contribution in [3.8, 4) is 35.2 Å². The van der Waals surface area contributed by atoms with Crippen LogP contribution < -0.4 is 15.0 Å². The molecule has 0 fully saturated rings. The smallest absolute Gasteiger partial charge is 0.282 e. The van der Waals surface area contributed by atoms with E-state index in [1.54, 1.807) is 12.3 Å². The molecule has 0 amide bonds. The summed E-state index contributed by atoms with van der Waals surface area (Å²) in [6, 6.07) is 18.7. The molecule has 4 rings (SSSR count). The van der Waals surface area contributed by atoms with Gasteiger partial charge in [-0.3, -0.25) is 4.79 Å². The quantitative estimate of drug-likeness (QED) is 0.237. The molecule has 36 heavy (non-hydrogen) atoms. The predicted molar refractivity (Wildman–Crippen MR) is 145 cm³/mol. The molecule has 0 atom stereocenters. The Morgan fingerprint density at radius 1 is 1.11 bits per heavy atom. The zero-order valence-electron chi connectivity index (χ0n) is 21.0. The van der Waals surface area contributed by atoms with Crippen molar-refractivity contribution in [1.29, 1.82) is 0 Å². The standard InChI is InChI=1S/C30H29N3O3/c1-6-16-36-23-14-12-22(13-15-23)19-31-33-29(32-27-11-9-8-10-24(27)30(33)34)26-18-25(20(3)4)28(35-7-2)17-21(26)5/h1,8-15,17-20H,7,16H2,2-5H3. The third-order valence-corrected chi connectivity index (χ3v) is 5.80. The minimum atomic E-state index is -0.236. The van der Waals surface area contributed by atoms with Crippen molar-refractivity contribution in [2.24, 2.45) is 5.10 Å². The molecule has 0 bridgehead atoms. The molecule has 0 aliphatic heterocycles. The number of para-hydroxylation sites is 1. The Morgan fingerprint density at radius 2 is 1.86 bits per heavy atom. The monoisotopic (exact) mass is 479 g/mol. The highest BCUT2D eigenvalue weighted by Crippen LogP contribution is 2.34. The van der Waals surface area contributed by atoms with Crippen molar-refractivity contribution < 1.29 is 9.47 Å². The van der Waals surface area contributed by atoms with E-state index >= 15 is 0 Å². The average molecular weight is 480 g/mol. The number of nitrogens with zero attached hydrogens (tertiary/aromatic N) is 3. The Bertz CT molecular complexity index is 1510. The molecule has 6 heteroatoms. The molecule has 0 spiro atoms. The lowest BCUT2D eigenvalue weighted by Crippen LogP contribution is -2.20. The lowest BCUT2D eigenvalue weighted by molar-refractivity contribution is 0.335. The molecule has 182 valence electrons. The highest BCUT2D eigenvalue weighted by molar-refractivity contribution is 5.82. The van der Waals surface area contributed by atoms with Crippen LogP contribution in [0.5, 0.6) is 11.5 Å². The van der Waals surface area contributed by atoms with Crippen LogP contribution in [0.3, 0.4) is 0 Å². The van der Waals surface area contributed by atoms with Crippen LogP contribution in [0.1, 0.15) is 43.4 Å². The van der Waals surface area contributed by atoms with E-state index in [1.165, 1.54) is 4.68 Å². The van der Waals surface area contributed by atoms with Gasteiger partial charge in [-0.1, -0.05) is 31.9 Å². The number of hydrogen-bond donors (Lipinski definition) is 0. The van der Waals surface area contributed by atoms with E-state index in [4.69, 9.17) is 20.9 Å². The predicted octanol–water partition coefficient (Wildman–Crippen LogP) is 5.79. The number of terminal acetylenes is 1. The van der Waals surface area contributed by atoms with Crippen LogP contribution in [-0.2, 0) is 0 Å². The van der Waals surface area contributed by atoms with E-state index in [0.29, 0.717) is 29.1 Å². The molecule has 0 saturated heterocycles. The van der Waals surface area contributed by atoms with Gasteiger partial charge < -0.3 is 9.47 Å². The van der Waals surface area contributed by atoms with E-state index in [9.17, 15) is 4.79 Å².